The number of carbonyl (C=O) groups excluding carboxylic acids is 1. The third-order valence-electron chi connectivity index (χ3n) is 8.93. The number of ether oxygens (including phenoxy) is 1. The van der Waals surface area contributed by atoms with Gasteiger partial charge in [-0.05, 0) is 64.0 Å². The van der Waals surface area contributed by atoms with Crippen molar-refractivity contribution in [1.29, 1.82) is 0 Å². The molecule has 4 aliphatic heterocycles. The normalized spacial score (nSPS) is 23.9. The van der Waals surface area contributed by atoms with Crippen LogP contribution in [0.2, 0.25) is 0 Å². The number of carbonyl (C=O) groups is 1. The van der Waals surface area contributed by atoms with Crippen LogP contribution in [0, 0.1) is 0 Å². The molecule has 0 spiro atoms. The predicted molar refractivity (Wildman–Crippen MR) is 143 cm³/mol. The molecular weight excluding hydrogens is 466 g/mol. The molecule has 0 radical (unpaired) electrons. The van der Waals surface area contributed by atoms with Gasteiger partial charge in [-0.1, -0.05) is 6.92 Å². The van der Waals surface area contributed by atoms with Gasteiger partial charge in [-0.2, -0.15) is 0 Å². The van der Waals surface area contributed by atoms with E-state index in [1.807, 2.05) is 0 Å². The second-order valence-electron chi connectivity index (χ2n) is 11.2. The van der Waals surface area contributed by atoms with Gasteiger partial charge in [-0.25, -0.2) is 15.0 Å². The van der Waals surface area contributed by atoms with Crippen LogP contribution in [-0.4, -0.2) is 76.3 Å². The van der Waals surface area contributed by atoms with E-state index in [1.165, 1.54) is 37.4 Å². The second kappa shape index (κ2) is 11.1. The van der Waals surface area contributed by atoms with Gasteiger partial charge in [-0.3, -0.25) is 4.79 Å². The van der Waals surface area contributed by atoms with Gasteiger partial charge in [0.2, 0.25) is 5.91 Å². The van der Waals surface area contributed by atoms with Gasteiger partial charge in [0.25, 0.3) is 0 Å². The number of hydrogen-bond acceptors (Lipinski definition) is 7. The Morgan fingerprint density at radius 2 is 1.78 bits per heavy atom. The summed E-state index contributed by atoms with van der Waals surface area (Å²) in [7, 11) is 0. The van der Waals surface area contributed by atoms with Gasteiger partial charge in [-0.15, -0.1) is 0 Å². The van der Waals surface area contributed by atoms with E-state index in [1.54, 1.807) is 6.33 Å². The van der Waals surface area contributed by atoms with E-state index in [0.717, 1.165) is 82.9 Å². The summed E-state index contributed by atoms with van der Waals surface area (Å²) >= 11 is 0. The molecular formula is C28H41N7O2. The third kappa shape index (κ3) is 5.25. The fourth-order valence-corrected chi connectivity index (χ4v) is 6.72. The van der Waals surface area contributed by atoms with Crippen LogP contribution in [0.3, 0.4) is 0 Å². The van der Waals surface area contributed by atoms with Crippen LogP contribution in [0.25, 0.3) is 0 Å². The largest absolute Gasteiger partial charge is 0.381 e. The number of amides is 1. The molecule has 9 nitrogen and oxygen atoms in total. The topological polar surface area (TPSA) is 88.4 Å². The molecule has 0 bridgehead atoms. The molecule has 0 aromatic carbocycles. The van der Waals surface area contributed by atoms with E-state index in [0.29, 0.717) is 24.1 Å². The van der Waals surface area contributed by atoms with Crippen LogP contribution in [0.15, 0.2) is 12.5 Å². The van der Waals surface area contributed by atoms with Crippen LogP contribution in [-0.2, 0) is 16.1 Å². The highest BCUT2D eigenvalue weighted by molar-refractivity contribution is 5.94. The molecule has 2 aromatic heterocycles. The fourth-order valence-electron chi connectivity index (χ4n) is 6.72. The molecule has 0 aliphatic carbocycles. The first kappa shape index (κ1) is 24.8. The highest BCUT2D eigenvalue weighted by atomic mass is 16.5. The maximum absolute atomic E-state index is 12.2. The summed E-state index contributed by atoms with van der Waals surface area (Å²) in [5, 5.41) is 2.97. The molecule has 4 aliphatic rings. The Labute approximate surface area is 220 Å². The average molecular weight is 508 g/mol. The molecule has 3 fully saturated rings. The number of nitrogens with zero attached hydrogens (tertiary/aromatic N) is 6. The molecule has 0 saturated carbocycles. The number of rotatable bonds is 7. The maximum Gasteiger partial charge on any atom is 0.226 e. The SMILES string of the molecule is CC[C@@H]1CC(=O)Nc2ncnc(N3CCC(c4nc(C5CCOCC5)cn4CCN4CCCC4)CC3)c21. The van der Waals surface area contributed by atoms with Crippen molar-refractivity contribution in [2.24, 2.45) is 0 Å². The number of nitrogens with one attached hydrogen (secondary N) is 1. The van der Waals surface area contributed by atoms with Crippen LogP contribution >= 0.6 is 0 Å². The predicted octanol–water partition coefficient (Wildman–Crippen LogP) is 3.88. The van der Waals surface area contributed by atoms with Crippen LogP contribution < -0.4 is 10.2 Å². The van der Waals surface area contributed by atoms with E-state index in [4.69, 9.17) is 14.7 Å². The molecule has 37 heavy (non-hydrogen) atoms. The first-order valence-electron chi connectivity index (χ1n) is 14.5. The van der Waals surface area contributed by atoms with E-state index in [9.17, 15) is 4.79 Å². The van der Waals surface area contributed by atoms with Gasteiger partial charge in [0.15, 0.2) is 0 Å². The molecule has 1 atom stereocenters. The summed E-state index contributed by atoms with van der Waals surface area (Å²) in [5.74, 6) is 4.22. The van der Waals surface area contributed by atoms with E-state index in [-0.39, 0.29) is 11.8 Å². The Hall–Kier alpha value is -2.52. The van der Waals surface area contributed by atoms with Crippen molar-refractivity contribution in [1.82, 2.24) is 24.4 Å². The van der Waals surface area contributed by atoms with E-state index < -0.39 is 0 Å². The lowest BCUT2D eigenvalue weighted by Gasteiger charge is -2.36. The minimum Gasteiger partial charge on any atom is -0.381 e. The Morgan fingerprint density at radius 1 is 1.00 bits per heavy atom. The van der Waals surface area contributed by atoms with Gasteiger partial charge in [0.05, 0.1) is 5.69 Å². The number of fused-ring (bicyclic) bond motifs is 1. The summed E-state index contributed by atoms with van der Waals surface area (Å²) in [5.41, 5.74) is 2.39. The first-order chi connectivity index (χ1) is 18.2. The van der Waals surface area contributed by atoms with Crippen LogP contribution in [0.5, 0.6) is 0 Å². The first-order valence-corrected chi connectivity index (χ1v) is 14.5. The lowest BCUT2D eigenvalue weighted by molar-refractivity contribution is -0.116. The molecule has 9 heteroatoms. The number of piperidine rings is 1. The minimum absolute atomic E-state index is 0.0591. The molecule has 200 valence electrons. The smallest absolute Gasteiger partial charge is 0.226 e. The zero-order valence-electron chi connectivity index (χ0n) is 22.2. The zero-order chi connectivity index (χ0) is 25.2. The lowest BCUT2D eigenvalue weighted by Crippen LogP contribution is -2.36. The lowest BCUT2D eigenvalue weighted by atomic mass is 9.89. The van der Waals surface area contributed by atoms with Crippen LogP contribution in [0.1, 0.15) is 93.1 Å². The van der Waals surface area contributed by atoms with Crippen molar-refractivity contribution >= 4 is 17.5 Å². The van der Waals surface area contributed by atoms with E-state index in [2.05, 4.69) is 37.8 Å². The second-order valence-corrected chi connectivity index (χ2v) is 11.2. The molecule has 0 unspecified atom stereocenters. The standard InChI is InChI=1S/C28H41N7O2/c1-2-20-17-24(36)32-26-25(20)28(30-19-29-26)34-11-5-22(6-12-34)27-31-23(21-7-15-37-16-8-21)18-35(27)14-13-33-9-3-4-10-33/h18-22H,2-17H2,1H3,(H,29,30,32,36)/t20-/m1/s1. The molecule has 6 heterocycles. The zero-order valence-corrected chi connectivity index (χ0v) is 22.2. The Balaban J connectivity index is 1.19. The van der Waals surface area contributed by atoms with Gasteiger partial charge < -0.3 is 24.4 Å². The summed E-state index contributed by atoms with van der Waals surface area (Å²) in [6, 6.07) is 0. The van der Waals surface area contributed by atoms with Crippen molar-refractivity contribution in [3.05, 3.63) is 29.6 Å². The number of imidazole rings is 1. The fraction of sp³-hybridized carbons (Fsp3) is 0.714. The Morgan fingerprint density at radius 3 is 2.54 bits per heavy atom. The van der Waals surface area contributed by atoms with Crippen molar-refractivity contribution in [3.8, 4) is 0 Å². The minimum atomic E-state index is 0.0591. The van der Waals surface area contributed by atoms with Gasteiger partial charge in [0, 0.05) is 69.4 Å². The third-order valence-corrected chi connectivity index (χ3v) is 8.93. The highest BCUT2D eigenvalue weighted by Crippen LogP contribution is 2.40. The molecule has 3 saturated heterocycles. The molecule has 6 rings (SSSR count). The van der Waals surface area contributed by atoms with Crippen molar-refractivity contribution < 1.29 is 9.53 Å². The number of aromatic nitrogens is 4. The summed E-state index contributed by atoms with van der Waals surface area (Å²) in [6.45, 7) is 10.4. The van der Waals surface area contributed by atoms with Gasteiger partial charge >= 0.3 is 0 Å². The Kier molecular flexibility index (Phi) is 7.42. The molecule has 1 N–H and O–H groups in total. The van der Waals surface area contributed by atoms with Crippen molar-refractivity contribution in [2.75, 3.05) is 56.2 Å². The van der Waals surface area contributed by atoms with E-state index >= 15 is 0 Å². The molecule has 1 amide bonds. The summed E-state index contributed by atoms with van der Waals surface area (Å²) < 4.78 is 8.11. The highest BCUT2D eigenvalue weighted by Gasteiger charge is 2.33. The van der Waals surface area contributed by atoms with Crippen LogP contribution in [0.4, 0.5) is 11.6 Å². The van der Waals surface area contributed by atoms with Gasteiger partial charge in [0.1, 0.15) is 23.8 Å². The van der Waals surface area contributed by atoms with Crippen molar-refractivity contribution in [2.45, 2.75) is 82.6 Å². The maximum atomic E-state index is 12.2. The average Bonchev–Trinajstić information content (AvgIpc) is 3.62. The summed E-state index contributed by atoms with van der Waals surface area (Å²) in [6.07, 6.45) is 12.4. The number of likely N-dealkylation sites (tertiary alicyclic amines) is 1. The van der Waals surface area contributed by atoms with Crippen molar-refractivity contribution in [3.63, 3.8) is 0 Å². The molecule has 2 aromatic rings. The number of anilines is 2. The Bertz CT molecular complexity index is 1080. The monoisotopic (exact) mass is 507 g/mol. The summed E-state index contributed by atoms with van der Waals surface area (Å²) in [4.78, 5) is 31.6. The number of hydrogen-bond donors (Lipinski definition) is 1. The quantitative estimate of drug-likeness (QED) is 0.608.